The number of hydrogen-bond acceptors (Lipinski definition) is 3. The summed E-state index contributed by atoms with van der Waals surface area (Å²) in [6.07, 6.45) is 4.90. The molecular formula is C11H22N2O2. The zero-order valence-electron chi connectivity index (χ0n) is 9.58. The highest BCUT2D eigenvalue weighted by molar-refractivity contribution is 5.75. The van der Waals surface area contributed by atoms with Crippen molar-refractivity contribution >= 4 is 5.91 Å². The van der Waals surface area contributed by atoms with Crippen molar-refractivity contribution in [1.82, 2.24) is 4.90 Å². The van der Waals surface area contributed by atoms with Crippen LogP contribution >= 0.6 is 0 Å². The topological polar surface area (TPSA) is 55.6 Å². The Hall–Kier alpha value is -0.610. The molecule has 1 aliphatic rings. The minimum atomic E-state index is 0.207. The van der Waals surface area contributed by atoms with Crippen LogP contribution in [0.4, 0.5) is 0 Å². The third-order valence-corrected chi connectivity index (χ3v) is 2.77. The first kappa shape index (κ1) is 12.5. The van der Waals surface area contributed by atoms with E-state index in [9.17, 15) is 4.79 Å². The van der Waals surface area contributed by atoms with E-state index in [1.807, 2.05) is 7.05 Å². The molecule has 0 radical (unpaired) electrons. The molecule has 0 spiro atoms. The molecule has 1 saturated heterocycles. The van der Waals surface area contributed by atoms with Gasteiger partial charge in [-0.2, -0.15) is 0 Å². The van der Waals surface area contributed by atoms with Crippen LogP contribution in [0.15, 0.2) is 0 Å². The first-order valence-electron chi connectivity index (χ1n) is 5.79. The molecular weight excluding hydrogens is 192 g/mol. The lowest BCUT2D eigenvalue weighted by Crippen LogP contribution is -2.33. The number of nitrogens with zero attached hydrogens (tertiary/aromatic N) is 1. The number of carbonyl (C=O) groups is 1. The highest BCUT2D eigenvalue weighted by Crippen LogP contribution is 2.13. The summed E-state index contributed by atoms with van der Waals surface area (Å²) in [7, 11) is 1.85. The van der Waals surface area contributed by atoms with Crippen molar-refractivity contribution in [1.29, 1.82) is 0 Å². The molecule has 0 bridgehead atoms. The molecule has 88 valence electrons. The summed E-state index contributed by atoms with van der Waals surface area (Å²) in [6, 6.07) is 0. The molecule has 1 amide bonds. The van der Waals surface area contributed by atoms with E-state index < -0.39 is 0 Å². The van der Waals surface area contributed by atoms with Crippen molar-refractivity contribution in [2.75, 3.05) is 26.7 Å². The molecule has 4 heteroatoms. The molecule has 0 aromatic rings. The molecule has 15 heavy (non-hydrogen) atoms. The number of carbonyl (C=O) groups excluding carboxylic acids is 1. The van der Waals surface area contributed by atoms with Gasteiger partial charge in [0.05, 0.1) is 6.10 Å². The van der Waals surface area contributed by atoms with E-state index in [-0.39, 0.29) is 12.0 Å². The molecule has 4 nitrogen and oxygen atoms in total. The smallest absolute Gasteiger partial charge is 0.222 e. The summed E-state index contributed by atoms with van der Waals surface area (Å²) in [5, 5.41) is 0. The van der Waals surface area contributed by atoms with Gasteiger partial charge in [-0.25, -0.2) is 0 Å². The quantitative estimate of drug-likeness (QED) is 0.664. The number of hydrogen-bond donors (Lipinski definition) is 1. The molecule has 1 atom stereocenters. The number of likely N-dealkylation sites (N-methyl/N-ethyl adjacent to an activating group) is 1. The van der Waals surface area contributed by atoms with E-state index >= 15 is 0 Å². The lowest BCUT2D eigenvalue weighted by atomic mass is 10.2. The highest BCUT2D eigenvalue weighted by Gasteiger charge is 2.19. The Balaban J connectivity index is 2.14. The van der Waals surface area contributed by atoms with Gasteiger partial charge >= 0.3 is 0 Å². The van der Waals surface area contributed by atoms with E-state index in [0.29, 0.717) is 13.0 Å². The van der Waals surface area contributed by atoms with Gasteiger partial charge in [0.15, 0.2) is 0 Å². The van der Waals surface area contributed by atoms with Gasteiger partial charge in [0.1, 0.15) is 0 Å². The first-order chi connectivity index (χ1) is 7.24. The third-order valence-electron chi connectivity index (χ3n) is 2.77. The van der Waals surface area contributed by atoms with Crippen molar-refractivity contribution < 1.29 is 9.53 Å². The van der Waals surface area contributed by atoms with Crippen LogP contribution < -0.4 is 5.73 Å². The van der Waals surface area contributed by atoms with E-state index in [0.717, 1.165) is 38.8 Å². The summed E-state index contributed by atoms with van der Waals surface area (Å²) < 4.78 is 5.49. The highest BCUT2D eigenvalue weighted by atomic mass is 16.5. The van der Waals surface area contributed by atoms with Crippen molar-refractivity contribution in [3.63, 3.8) is 0 Å². The Bertz CT molecular complexity index is 191. The second kappa shape index (κ2) is 6.80. The third kappa shape index (κ3) is 4.62. The number of unbranched alkanes of at least 4 members (excludes halogenated alkanes) is 1. The van der Waals surface area contributed by atoms with Gasteiger partial charge in [-0.05, 0) is 32.2 Å². The van der Waals surface area contributed by atoms with Crippen LogP contribution in [0.5, 0.6) is 0 Å². The number of rotatable bonds is 6. The summed E-state index contributed by atoms with van der Waals surface area (Å²) in [5.41, 5.74) is 5.38. The van der Waals surface area contributed by atoms with Crippen LogP contribution in [0.3, 0.4) is 0 Å². The van der Waals surface area contributed by atoms with Crippen LogP contribution in [0.1, 0.15) is 32.1 Å². The summed E-state index contributed by atoms with van der Waals surface area (Å²) in [5.74, 6) is 0.207. The molecule has 0 aliphatic carbocycles. The van der Waals surface area contributed by atoms with Crippen molar-refractivity contribution in [3.8, 4) is 0 Å². The maximum atomic E-state index is 11.6. The maximum absolute atomic E-state index is 11.6. The average molecular weight is 214 g/mol. The average Bonchev–Trinajstić information content (AvgIpc) is 2.70. The summed E-state index contributed by atoms with van der Waals surface area (Å²) >= 11 is 0. The molecule has 1 unspecified atom stereocenters. The zero-order valence-corrected chi connectivity index (χ0v) is 9.58. The minimum Gasteiger partial charge on any atom is -0.376 e. The molecule has 0 aromatic carbocycles. The predicted molar refractivity (Wildman–Crippen MR) is 59.5 cm³/mol. The SMILES string of the molecule is CN(CC1CCCO1)C(=O)CCCCN. The van der Waals surface area contributed by atoms with Crippen LogP contribution in [0.25, 0.3) is 0 Å². The molecule has 2 N–H and O–H groups in total. The van der Waals surface area contributed by atoms with Gasteiger partial charge in [-0.3, -0.25) is 4.79 Å². The standard InChI is InChI=1S/C11H22N2O2/c1-13(9-10-5-4-8-15-10)11(14)6-2-3-7-12/h10H,2-9,12H2,1H3. The Labute approximate surface area is 91.8 Å². The minimum absolute atomic E-state index is 0.207. The van der Waals surface area contributed by atoms with Gasteiger partial charge in [-0.15, -0.1) is 0 Å². The largest absolute Gasteiger partial charge is 0.376 e. The van der Waals surface area contributed by atoms with Crippen molar-refractivity contribution in [2.24, 2.45) is 5.73 Å². The lowest BCUT2D eigenvalue weighted by Gasteiger charge is -2.20. The maximum Gasteiger partial charge on any atom is 0.222 e. The van der Waals surface area contributed by atoms with Gasteiger partial charge in [-0.1, -0.05) is 0 Å². The van der Waals surface area contributed by atoms with E-state index in [4.69, 9.17) is 10.5 Å². The number of nitrogens with two attached hydrogens (primary N) is 1. The van der Waals surface area contributed by atoms with Gasteiger partial charge in [0.2, 0.25) is 5.91 Å². The Morgan fingerprint density at radius 3 is 2.93 bits per heavy atom. The van der Waals surface area contributed by atoms with Gasteiger partial charge < -0.3 is 15.4 Å². The molecule has 1 heterocycles. The lowest BCUT2D eigenvalue weighted by molar-refractivity contribution is -0.131. The van der Waals surface area contributed by atoms with Gasteiger partial charge in [0.25, 0.3) is 0 Å². The Morgan fingerprint density at radius 1 is 1.53 bits per heavy atom. The molecule has 1 fully saturated rings. The van der Waals surface area contributed by atoms with Crippen LogP contribution in [0.2, 0.25) is 0 Å². The van der Waals surface area contributed by atoms with Crippen molar-refractivity contribution in [3.05, 3.63) is 0 Å². The van der Waals surface area contributed by atoms with Crippen molar-refractivity contribution in [2.45, 2.75) is 38.2 Å². The second-order valence-corrected chi connectivity index (χ2v) is 4.16. The van der Waals surface area contributed by atoms with E-state index in [1.165, 1.54) is 0 Å². The molecule has 1 rings (SSSR count). The fraction of sp³-hybridized carbons (Fsp3) is 0.909. The van der Waals surface area contributed by atoms with Crippen LogP contribution in [-0.2, 0) is 9.53 Å². The fourth-order valence-electron chi connectivity index (χ4n) is 1.81. The fourth-order valence-corrected chi connectivity index (χ4v) is 1.81. The molecule has 0 saturated carbocycles. The second-order valence-electron chi connectivity index (χ2n) is 4.16. The molecule has 1 aliphatic heterocycles. The number of ether oxygens (including phenoxy) is 1. The Kier molecular flexibility index (Phi) is 5.65. The number of amides is 1. The summed E-state index contributed by atoms with van der Waals surface area (Å²) in [6.45, 7) is 2.25. The van der Waals surface area contributed by atoms with Crippen LogP contribution in [0, 0.1) is 0 Å². The first-order valence-corrected chi connectivity index (χ1v) is 5.79. The van der Waals surface area contributed by atoms with E-state index in [1.54, 1.807) is 4.90 Å². The molecule has 0 aromatic heterocycles. The monoisotopic (exact) mass is 214 g/mol. The predicted octanol–water partition coefficient (Wildman–Crippen LogP) is 0.753. The normalized spacial score (nSPS) is 20.5. The summed E-state index contributed by atoms with van der Waals surface area (Å²) in [4.78, 5) is 13.4. The van der Waals surface area contributed by atoms with Gasteiger partial charge in [0, 0.05) is 26.6 Å². The Morgan fingerprint density at radius 2 is 2.33 bits per heavy atom. The van der Waals surface area contributed by atoms with E-state index in [2.05, 4.69) is 0 Å². The zero-order chi connectivity index (χ0) is 11.1. The van der Waals surface area contributed by atoms with Crippen LogP contribution in [-0.4, -0.2) is 43.7 Å².